The molecule has 0 fully saturated rings. The van der Waals surface area contributed by atoms with E-state index in [1.54, 1.807) is 6.07 Å². The molecule has 0 spiro atoms. The first-order chi connectivity index (χ1) is 9.20. The van der Waals surface area contributed by atoms with E-state index in [9.17, 15) is 4.39 Å². The molecule has 1 atom stereocenters. The van der Waals surface area contributed by atoms with Gasteiger partial charge in [0, 0.05) is 6.54 Å². The Hall–Kier alpha value is -1.43. The molecule has 0 aliphatic carbocycles. The minimum atomic E-state index is -0.311. The van der Waals surface area contributed by atoms with E-state index in [1.165, 1.54) is 12.3 Å². The quantitative estimate of drug-likeness (QED) is 0.922. The molecule has 0 bridgehead atoms. The summed E-state index contributed by atoms with van der Waals surface area (Å²) in [6, 6.07) is 3.24. The van der Waals surface area contributed by atoms with E-state index in [2.05, 4.69) is 38.3 Å². The maximum atomic E-state index is 13.0. The number of aryl methyl sites for hydroxylation is 1. The molecule has 1 aliphatic rings. The Morgan fingerprint density at radius 3 is 3.05 bits per heavy atom. The predicted octanol–water partition coefficient (Wildman–Crippen LogP) is 3.15. The van der Waals surface area contributed by atoms with Gasteiger partial charge in [0.25, 0.3) is 0 Å². The molecule has 2 aromatic heterocycles. The van der Waals surface area contributed by atoms with Crippen LogP contribution in [0.2, 0.25) is 0 Å². The minimum absolute atomic E-state index is 0.0634. The van der Waals surface area contributed by atoms with Gasteiger partial charge in [0.15, 0.2) is 0 Å². The Morgan fingerprint density at radius 1 is 1.53 bits per heavy atom. The van der Waals surface area contributed by atoms with Crippen LogP contribution in [0.5, 0.6) is 0 Å². The first-order valence-electron chi connectivity index (χ1n) is 6.33. The molecule has 6 heteroatoms. The van der Waals surface area contributed by atoms with Crippen molar-refractivity contribution in [3.63, 3.8) is 0 Å². The van der Waals surface area contributed by atoms with E-state index in [0.29, 0.717) is 0 Å². The number of nitrogens with one attached hydrogen (secondary N) is 1. The van der Waals surface area contributed by atoms with Crippen LogP contribution in [0.1, 0.15) is 30.8 Å². The van der Waals surface area contributed by atoms with Crippen LogP contribution in [0.25, 0.3) is 0 Å². The second-order valence-electron chi connectivity index (χ2n) is 4.54. The van der Waals surface area contributed by atoms with Gasteiger partial charge in [-0.05, 0) is 40.9 Å². The van der Waals surface area contributed by atoms with Gasteiger partial charge >= 0.3 is 0 Å². The van der Waals surface area contributed by atoms with E-state index in [-0.39, 0.29) is 11.9 Å². The van der Waals surface area contributed by atoms with Crippen molar-refractivity contribution in [1.29, 1.82) is 0 Å². The van der Waals surface area contributed by atoms with Gasteiger partial charge in [-0.25, -0.2) is 9.07 Å². The van der Waals surface area contributed by atoms with Gasteiger partial charge in [-0.1, -0.05) is 6.92 Å². The number of hydrogen-bond donors (Lipinski definition) is 1. The summed E-state index contributed by atoms with van der Waals surface area (Å²) in [5.74, 6) is 0.674. The summed E-state index contributed by atoms with van der Waals surface area (Å²) in [5.41, 5.74) is 1.87. The average Bonchev–Trinajstić information content (AvgIpc) is 2.77. The van der Waals surface area contributed by atoms with Crippen molar-refractivity contribution in [1.82, 2.24) is 14.8 Å². The Kier molecular flexibility index (Phi) is 3.26. The van der Waals surface area contributed by atoms with E-state index in [1.807, 2.05) is 4.68 Å². The highest BCUT2D eigenvalue weighted by Gasteiger charge is 2.26. The van der Waals surface area contributed by atoms with Crippen molar-refractivity contribution in [3.05, 3.63) is 40.0 Å². The lowest BCUT2D eigenvalue weighted by Crippen LogP contribution is -2.25. The Balaban J connectivity index is 2.05. The zero-order chi connectivity index (χ0) is 13.4. The average molecular weight is 325 g/mol. The monoisotopic (exact) mass is 324 g/mol. The molecule has 19 heavy (non-hydrogen) atoms. The zero-order valence-electron chi connectivity index (χ0n) is 10.5. The van der Waals surface area contributed by atoms with Crippen LogP contribution in [-0.2, 0) is 6.42 Å². The highest BCUT2D eigenvalue weighted by Crippen LogP contribution is 2.35. The lowest BCUT2D eigenvalue weighted by molar-refractivity contribution is 0.466. The SMILES string of the molecule is CCc1nn2c(c1Br)NCCC2c1ccc(F)cn1. The van der Waals surface area contributed by atoms with Crippen LogP contribution >= 0.6 is 15.9 Å². The number of hydrogen-bond acceptors (Lipinski definition) is 3. The standard InChI is InChI=1S/C13H14BrFN4/c1-2-9-12(14)13-16-6-5-11(19(13)18-9)10-4-3-8(15)7-17-10/h3-4,7,11,16H,2,5-6H2,1H3. The summed E-state index contributed by atoms with van der Waals surface area (Å²) in [6.45, 7) is 2.93. The predicted molar refractivity (Wildman–Crippen MR) is 74.7 cm³/mol. The van der Waals surface area contributed by atoms with Gasteiger partial charge in [-0.3, -0.25) is 4.98 Å². The number of fused-ring (bicyclic) bond motifs is 1. The van der Waals surface area contributed by atoms with Crippen LogP contribution in [0.15, 0.2) is 22.8 Å². The van der Waals surface area contributed by atoms with Crippen LogP contribution in [0.3, 0.4) is 0 Å². The second-order valence-corrected chi connectivity index (χ2v) is 5.33. The minimum Gasteiger partial charge on any atom is -0.369 e. The Labute approximate surface area is 119 Å². The molecule has 2 aromatic rings. The Morgan fingerprint density at radius 2 is 2.37 bits per heavy atom. The number of rotatable bonds is 2. The molecule has 0 saturated carbocycles. The van der Waals surface area contributed by atoms with Crippen LogP contribution in [0, 0.1) is 5.82 Å². The molecule has 1 aliphatic heterocycles. The molecule has 0 amide bonds. The number of anilines is 1. The third-order valence-corrected chi connectivity index (χ3v) is 4.18. The first-order valence-corrected chi connectivity index (χ1v) is 7.12. The molecule has 3 rings (SSSR count). The van der Waals surface area contributed by atoms with Crippen molar-refractivity contribution in [2.24, 2.45) is 0 Å². The molecule has 4 nitrogen and oxygen atoms in total. The fraction of sp³-hybridized carbons (Fsp3) is 0.385. The summed E-state index contributed by atoms with van der Waals surface area (Å²) >= 11 is 3.58. The summed E-state index contributed by atoms with van der Waals surface area (Å²) in [5, 5.41) is 7.97. The maximum Gasteiger partial charge on any atom is 0.141 e. The lowest BCUT2D eigenvalue weighted by Gasteiger charge is -2.25. The number of nitrogens with zero attached hydrogens (tertiary/aromatic N) is 3. The fourth-order valence-corrected chi connectivity index (χ4v) is 3.06. The van der Waals surface area contributed by atoms with E-state index in [4.69, 9.17) is 0 Å². The van der Waals surface area contributed by atoms with Gasteiger partial charge in [0.2, 0.25) is 0 Å². The topological polar surface area (TPSA) is 42.7 Å². The lowest BCUT2D eigenvalue weighted by atomic mass is 10.1. The highest BCUT2D eigenvalue weighted by atomic mass is 79.9. The third-order valence-electron chi connectivity index (χ3n) is 3.35. The molecule has 1 N–H and O–H groups in total. The van der Waals surface area contributed by atoms with Crippen molar-refractivity contribution >= 4 is 21.7 Å². The van der Waals surface area contributed by atoms with Gasteiger partial charge in [-0.2, -0.15) is 5.10 Å². The third kappa shape index (κ3) is 2.14. The van der Waals surface area contributed by atoms with Gasteiger partial charge < -0.3 is 5.32 Å². The molecule has 3 heterocycles. The van der Waals surface area contributed by atoms with Crippen molar-refractivity contribution in [3.8, 4) is 0 Å². The molecular formula is C13H14BrFN4. The largest absolute Gasteiger partial charge is 0.369 e. The molecule has 100 valence electrons. The number of halogens is 2. The summed E-state index contributed by atoms with van der Waals surface area (Å²) in [4.78, 5) is 4.19. The maximum absolute atomic E-state index is 13.0. The van der Waals surface area contributed by atoms with Crippen molar-refractivity contribution < 1.29 is 4.39 Å². The van der Waals surface area contributed by atoms with Crippen LogP contribution in [0.4, 0.5) is 10.2 Å². The molecule has 1 unspecified atom stereocenters. The van der Waals surface area contributed by atoms with Crippen LogP contribution in [-0.4, -0.2) is 21.3 Å². The zero-order valence-corrected chi connectivity index (χ0v) is 12.1. The van der Waals surface area contributed by atoms with E-state index < -0.39 is 0 Å². The molecule has 0 saturated heterocycles. The smallest absolute Gasteiger partial charge is 0.141 e. The van der Waals surface area contributed by atoms with Gasteiger partial charge in [0.1, 0.15) is 11.6 Å². The van der Waals surface area contributed by atoms with Gasteiger partial charge in [-0.15, -0.1) is 0 Å². The van der Waals surface area contributed by atoms with Gasteiger partial charge in [0.05, 0.1) is 28.1 Å². The number of aromatic nitrogens is 3. The van der Waals surface area contributed by atoms with Crippen molar-refractivity contribution in [2.45, 2.75) is 25.8 Å². The Bertz CT molecular complexity index is 593. The van der Waals surface area contributed by atoms with E-state index >= 15 is 0 Å². The summed E-state index contributed by atoms with van der Waals surface area (Å²) in [7, 11) is 0. The fourth-order valence-electron chi connectivity index (χ4n) is 2.38. The highest BCUT2D eigenvalue weighted by molar-refractivity contribution is 9.10. The molecular weight excluding hydrogens is 311 g/mol. The first kappa shape index (κ1) is 12.6. The normalized spacial score (nSPS) is 17.9. The molecule has 0 aromatic carbocycles. The molecule has 0 radical (unpaired) electrons. The number of pyridine rings is 1. The second kappa shape index (κ2) is 4.92. The van der Waals surface area contributed by atoms with Crippen molar-refractivity contribution in [2.75, 3.05) is 11.9 Å². The summed E-state index contributed by atoms with van der Waals surface area (Å²) in [6.07, 6.45) is 3.02. The van der Waals surface area contributed by atoms with Crippen LogP contribution < -0.4 is 5.32 Å². The van der Waals surface area contributed by atoms with E-state index in [0.717, 1.165) is 41.1 Å². The summed E-state index contributed by atoms with van der Waals surface area (Å²) < 4.78 is 15.9.